The summed E-state index contributed by atoms with van der Waals surface area (Å²) in [4.78, 5) is 15.8. The first-order valence-electron chi connectivity index (χ1n) is 7.14. The Morgan fingerprint density at radius 3 is 2.74 bits per heavy atom. The molecule has 0 fully saturated rings. The molecule has 0 aliphatic carbocycles. The topological polar surface area (TPSA) is 39.2 Å². The van der Waals surface area contributed by atoms with E-state index in [0.29, 0.717) is 5.75 Å². The van der Waals surface area contributed by atoms with Crippen LogP contribution in [0.2, 0.25) is 0 Å². The SMILES string of the molecule is CC(=O)Oc1ccc(Br)cc1/C=C/c1ccc2ccccc2n1. The van der Waals surface area contributed by atoms with Gasteiger partial charge in [0.1, 0.15) is 5.75 Å². The van der Waals surface area contributed by atoms with Crippen molar-refractivity contribution >= 4 is 45.0 Å². The van der Waals surface area contributed by atoms with E-state index in [4.69, 9.17) is 4.74 Å². The lowest BCUT2D eigenvalue weighted by Crippen LogP contribution is -2.02. The average Bonchev–Trinajstić information content (AvgIpc) is 2.54. The molecule has 23 heavy (non-hydrogen) atoms. The van der Waals surface area contributed by atoms with Crippen LogP contribution in [0.25, 0.3) is 23.1 Å². The summed E-state index contributed by atoms with van der Waals surface area (Å²) in [6.07, 6.45) is 3.79. The van der Waals surface area contributed by atoms with E-state index >= 15 is 0 Å². The third-order valence-electron chi connectivity index (χ3n) is 3.28. The minimum absolute atomic E-state index is 0.342. The van der Waals surface area contributed by atoms with Gasteiger partial charge in [0.25, 0.3) is 0 Å². The molecule has 0 radical (unpaired) electrons. The number of carbonyl (C=O) groups is 1. The van der Waals surface area contributed by atoms with Gasteiger partial charge in [0.15, 0.2) is 0 Å². The van der Waals surface area contributed by atoms with Crippen molar-refractivity contribution in [3.05, 3.63) is 70.3 Å². The molecule has 4 heteroatoms. The highest BCUT2D eigenvalue weighted by molar-refractivity contribution is 9.10. The van der Waals surface area contributed by atoms with Crippen LogP contribution in [0.5, 0.6) is 5.75 Å². The van der Waals surface area contributed by atoms with Crippen LogP contribution < -0.4 is 4.74 Å². The Bertz CT molecular complexity index is 903. The number of rotatable bonds is 3. The second-order valence-electron chi connectivity index (χ2n) is 5.04. The van der Waals surface area contributed by atoms with Crippen LogP contribution in [0.4, 0.5) is 0 Å². The zero-order valence-electron chi connectivity index (χ0n) is 12.5. The Labute approximate surface area is 142 Å². The number of fused-ring (bicyclic) bond motifs is 1. The van der Waals surface area contributed by atoms with Crippen LogP contribution >= 0.6 is 15.9 Å². The van der Waals surface area contributed by atoms with Gasteiger partial charge in [-0.05, 0) is 42.5 Å². The first kappa shape index (κ1) is 15.4. The molecule has 1 aromatic heterocycles. The van der Waals surface area contributed by atoms with Gasteiger partial charge in [0.05, 0.1) is 11.2 Å². The predicted octanol–water partition coefficient (Wildman–Crippen LogP) is 5.09. The molecule has 3 nitrogen and oxygen atoms in total. The zero-order valence-corrected chi connectivity index (χ0v) is 14.1. The molecule has 0 unspecified atom stereocenters. The van der Waals surface area contributed by atoms with E-state index in [-0.39, 0.29) is 5.97 Å². The molecule has 0 saturated heterocycles. The molecule has 114 valence electrons. The summed E-state index contributed by atoms with van der Waals surface area (Å²) in [5.74, 6) is 0.184. The standard InChI is InChI=1S/C19H14BrNO2/c1-13(22)23-19-11-8-16(20)12-15(19)7-10-17-9-6-14-4-2-3-5-18(14)21-17/h2-12H,1H3/b10-7+. The monoisotopic (exact) mass is 367 g/mol. The number of carbonyl (C=O) groups excluding carboxylic acids is 1. The second-order valence-corrected chi connectivity index (χ2v) is 5.95. The van der Waals surface area contributed by atoms with Crippen molar-refractivity contribution in [3.8, 4) is 5.75 Å². The minimum Gasteiger partial charge on any atom is -0.426 e. The quantitative estimate of drug-likeness (QED) is 0.477. The van der Waals surface area contributed by atoms with Gasteiger partial charge >= 0.3 is 5.97 Å². The third-order valence-corrected chi connectivity index (χ3v) is 3.77. The van der Waals surface area contributed by atoms with Crippen LogP contribution in [-0.4, -0.2) is 11.0 Å². The third kappa shape index (κ3) is 3.85. The second kappa shape index (κ2) is 6.75. The van der Waals surface area contributed by atoms with Gasteiger partial charge in [-0.15, -0.1) is 0 Å². The molecule has 0 N–H and O–H groups in total. The fraction of sp³-hybridized carbons (Fsp3) is 0.0526. The predicted molar refractivity (Wildman–Crippen MR) is 96.1 cm³/mol. The number of hydrogen-bond donors (Lipinski definition) is 0. The molecule has 0 aliphatic heterocycles. The number of hydrogen-bond acceptors (Lipinski definition) is 3. The number of halogens is 1. The summed E-state index contributed by atoms with van der Waals surface area (Å²) in [5.41, 5.74) is 2.60. The highest BCUT2D eigenvalue weighted by atomic mass is 79.9. The molecular weight excluding hydrogens is 354 g/mol. The number of pyridine rings is 1. The Kier molecular flexibility index (Phi) is 4.53. The normalized spacial score (nSPS) is 11.0. The van der Waals surface area contributed by atoms with E-state index in [2.05, 4.69) is 20.9 Å². The molecule has 3 aromatic rings. The zero-order chi connectivity index (χ0) is 16.2. The molecule has 1 heterocycles. The van der Waals surface area contributed by atoms with Crippen LogP contribution in [0.3, 0.4) is 0 Å². The van der Waals surface area contributed by atoms with Crippen molar-refractivity contribution in [2.24, 2.45) is 0 Å². The van der Waals surface area contributed by atoms with Crippen LogP contribution in [0.1, 0.15) is 18.2 Å². The summed E-state index contributed by atoms with van der Waals surface area (Å²) in [5, 5.41) is 1.10. The smallest absolute Gasteiger partial charge is 0.308 e. The molecule has 0 saturated carbocycles. The number of nitrogens with zero attached hydrogens (tertiary/aromatic N) is 1. The van der Waals surface area contributed by atoms with Gasteiger partial charge in [0, 0.05) is 22.3 Å². The lowest BCUT2D eigenvalue weighted by Gasteiger charge is -2.06. The minimum atomic E-state index is -0.342. The largest absolute Gasteiger partial charge is 0.426 e. The van der Waals surface area contributed by atoms with Crippen molar-refractivity contribution in [1.82, 2.24) is 4.98 Å². The molecule has 0 amide bonds. The highest BCUT2D eigenvalue weighted by Crippen LogP contribution is 2.25. The Balaban J connectivity index is 1.94. The molecule has 0 aliphatic rings. The van der Waals surface area contributed by atoms with Crippen molar-refractivity contribution in [3.63, 3.8) is 0 Å². The number of aromatic nitrogens is 1. The molecule has 3 rings (SSSR count). The van der Waals surface area contributed by atoms with Crippen LogP contribution in [0.15, 0.2) is 59.1 Å². The maximum absolute atomic E-state index is 11.2. The maximum atomic E-state index is 11.2. The van der Waals surface area contributed by atoms with Gasteiger partial charge in [-0.1, -0.05) is 40.2 Å². The van der Waals surface area contributed by atoms with E-state index in [9.17, 15) is 4.79 Å². The fourth-order valence-corrected chi connectivity index (χ4v) is 2.63. The maximum Gasteiger partial charge on any atom is 0.308 e. The number of benzene rings is 2. The lowest BCUT2D eigenvalue weighted by atomic mass is 10.1. The van der Waals surface area contributed by atoms with Crippen molar-refractivity contribution in [2.45, 2.75) is 6.92 Å². The van der Waals surface area contributed by atoms with E-state index in [1.54, 1.807) is 6.07 Å². The van der Waals surface area contributed by atoms with Crippen LogP contribution in [0, 0.1) is 0 Å². The van der Waals surface area contributed by atoms with Gasteiger partial charge in [-0.25, -0.2) is 4.98 Å². The van der Waals surface area contributed by atoms with E-state index < -0.39 is 0 Å². The number of para-hydroxylation sites is 1. The average molecular weight is 368 g/mol. The Morgan fingerprint density at radius 2 is 1.91 bits per heavy atom. The van der Waals surface area contributed by atoms with E-state index in [0.717, 1.165) is 26.6 Å². The molecule has 0 spiro atoms. The number of ether oxygens (including phenoxy) is 1. The van der Waals surface area contributed by atoms with E-state index in [1.807, 2.05) is 60.7 Å². The van der Waals surface area contributed by atoms with Gasteiger partial charge in [-0.3, -0.25) is 4.79 Å². The Morgan fingerprint density at radius 1 is 1.09 bits per heavy atom. The van der Waals surface area contributed by atoms with Gasteiger partial charge in [-0.2, -0.15) is 0 Å². The van der Waals surface area contributed by atoms with Crippen LogP contribution in [-0.2, 0) is 4.79 Å². The fourth-order valence-electron chi connectivity index (χ4n) is 2.25. The summed E-state index contributed by atoms with van der Waals surface area (Å²) < 4.78 is 6.14. The molecule has 0 bridgehead atoms. The summed E-state index contributed by atoms with van der Waals surface area (Å²) in [6.45, 7) is 1.39. The lowest BCUT2D eigenvalue weighted by molar-refractivity contribution is -0.131. The first-order chi connectivity index (χ1) is 11.1. The number of esters is 1. The summed E-state index contributed by atoms with van der Waals surface area (Å²) >= 11 is 3.43. The first-order valence-corrected chi connectivity index (χ1v) is 7.93. The summed E-state index contributed by atoms with van der Waals surface area (Å²) in [7, 11) is 0. The van der Waals surface area contributed by atoms with Gasteiger partial charge < -0.3 is 4.74 Å². The summed E-state index contributed by atoms with van der Waals surface area (Å²) in [6, 6.07) is 17.5. The van der Waals surface area contributed by atoms with Crippen molar-refractivity contribution in [1.29, 1.82) is 0 Å². The Hall–Kier alpha value is -2.46. The van der Waals surface area contributed by atoms with Crippen molar-refractivity contribution < 1.29 is 9.53 Å². The molecular formula is C19H14BrNO2. The van der Waals surface area contributed by atoms with E-state index in [1.165, 1.54) is 6.92 Å². The molecule has 0 atom stereocenters. The van der Waals surface area contributed by atoms with Crippen molar-refractivity contribution in [2.75, 3.05) is 0 Å². The molecule has 2 aromatic carbocycles. The highest BCUT2D eigenvalue weighted by Gasteiger charge is 2.05. The van der Waals surface area contributed by atoms with Gasteiger partial charge in [0.2, 0.25) is 0 Å².